The van der Waals surface area contributed by atoms with Gasteiger partial charge in [-0.05, 0) is 18.6 Å². The molecular formula is C12H15ClN2O4S. The van der Waals surface area contributed by atoms with Crippen molar-refractivity contribution in [3.8, 4) is 0 Å². The SMILES string of the molecule is C[C@@H](CCNC(=O)c1ccc([N+](=O)[O-])c(Cl)c1)[S@](C)=O. The van der Waals surface area contributed by atoms with Gasteiger partial charge >= 0.3 is 0 Å². The molecule has 0 bridgehead atoms. The Labute approximate surface area is 124 Å². The van der Waals surface area contributed by atoms with Crippen LogP contribution in [0, 0.1) is 10.1 Å². The zero-order valence-electron chi connectivity index (χ0n) is 11.1. The van der Waals surface area contributed by atoms with Gasteiger partial charge in [-0.15, -0.1) is 0 Å². The van der Waals surface area contributed by atoms with Gasteiger partial charge in [-0.2, -0.15) is 0 Å². The minimum absolute atomic E-state index is 0.00394. The summed E-state index contributed by atoms with van der Waals surface area (Å²) in [5, 5.41) is 13.2. The van der Waals surface area contributed by atoms with Crippen molar-refractivity contribution < 1.29 is 13.9 Å². The molecule has 110 valence electrons. The Kier molecular flexibility index (Phi) is 6.09. The molecule has 1 N–H and O–H groups in total. The first-order chi connectivity index (χ1) is 9.32. The molecule has 1 amide bonds. The first-order valence-corrected chi connectivity index (χ1v) is 7.87. The molecule has 1 rings (SSSR count). The summed E-state index contributed by atoms with van der Waals surface area (Å²) < 4.78 is 11.2. The molecule has 0 saturated heterocycles. The molecule has 1 aromatic carbocycles. The summed E-state index contributed by atoms with van der Waals surface area (Å²) in [6.45, 7) is 2.22. The number of hydrogen-bond donors (Lipinski definition) is 1. The molecule has 0 aliphatic carbocycles. The number of nitro benzene ring substituents is 1. The third-order valence-corrected chi connectivity index (χ3v) is 4.48. The fraction of sp³-hybridized carbons (Fsp3) is 0.417. The maximum absolute atomic E-state index is 11.8. The molecular weight excluding hydrogens is 304 g/mol. The smallest absolute Gasteiger partial charge is 0.287 e. The summed E-state index contributed by atoms with van der Waals surface area (Å²) >= 11 is 5.73. The van der Waals surface area contributed by atoms with Crippen molar-refractivity contribution in [3.05, 3.63) is 38.9 Å². The van der Waals surface area contributed by atoms with Gasteiger partial charge in [0.05, 0.1) is 4.92 Å². The number of hydrogen-bond acceptors (Lipinski definition) is 4. The van der Waals surface area contributed by atoms with Gasteiger partial charge in [0.1, 0.15) is 5.02 Å². The largest absolute Gasteiger partial charge is 0.352 e. The van der Waals surface area contributed by atoms with Gasteiger partial charge in [-0.25, -0.2) is 0 Å². The number of benzene rings is 1. The second-order valence-electron chi connectivity index (χ2n) is 4.28. The highest BCUT2D eigenvalue weighted by Gasteiger charge is 2.15. The van der Waals surface area contributed by atoms with E-state index in [-0.39, 0.29) is 27.4 Å². The van der Waals surface area contributed by atoms with Crippen LogP contribution in [0.2, 0.25) is 5.02 Å². The predicted octanol–water partition coefficient (Wildman–Crippen LogP) is 2.14. The summed E-state index contributed by atoms with van der Waals surface area (Å²) in [5.41, 5.74) is 0.0177. The molecule has 0 saturated carbocycles. The van der Waals surface area contributed by atoms with Crippen LogP contribution >= 0.6 is 11.6 Å². The molecule has 0 unspecified atom stereocenters. The summed E-state index contributed by atoms with van der Waals surface area (Å²) in [4.78, 5) is 21.8. The molecule has 20 heavy (non-hydrogen) atoms. The van der Waals surface area contributed by atoms with E-state index in [0.717, 1.165) is 0 Å². The molecule has 1 aromatic rings. The number of amides is 1. The second kappa shape index (κ2) is 7.35. The number of halogens is 1. The number of nitrogens with one attached hydrogen (secondary N) is 1. The minimum Gasteiger partial charge on any atom is -0.352 e. The Morgan fingerprint density at radius 3 is 2.70 bits per heavy atom. The van der Waals surface area contributed by atoms with Crippen LogP contribution in [0.15, 0.2) is 18.2 Å². The molecule has 0 aliphatic rings. The number of nitrogens with zero attached hydrogens (tertiary/aromatic N) is 1. The summed E-state index contributed by atoms with van der Waals surface area (Å²) in [6, 6.07) is 3.80. The van der Waals surface area contributed by atoms with Gasteiger partial charge in [0.15, 0.2) is 0 Å². The highest BCUT2D eigenvalue weighted by atomic mass is 35.5. The molecule has 0 fully saturated rings. The highest BCUT2D eigenvalue weighted by Crippen LogP contribution is 2.24. The van der Waals surface area contributed by atoms with Crippen LogP contribution in [0.3, 0.4) is 0 Å². The van der Waals surface area contributed by atoms with Crippen LogP contribution < -0.4 is 5.32 Å². The number of rotatable bonds is 6. The Hall–Kier alpha value is -1.47. The Bertz CT molecular complexity index is 550. The summed E-state index contributed by atoms with van der Waals surface area (Å²) in [5.74, 6) is -0.365. The lowest BCUT2D eigenvalue weighted by molar-refractivity contribution is -0.384. The first kappa shape index (κ1) is 16.6. The van der Waals surface area contributed by atoms with E-state index in [0.29, 0.717) is 13.0 Å². The van der Waals surface area contributed by atoms with Gasteiger partial charge in [-0.3, -0.25) is 19.1 Å². The van der Waals surface area contributed by atoms with Crippen molar-refractivity contribution in [3.63, 3.8) is 0 Å². The van der Waals surface area contributed by atoms with Crippen molar-refractivity contribution >= 4 is 34.0 Å². The van der Waals surface area contributed by atoms with E-state index in [1.54, 1.807) is 6.26 Å². The van der Waals surface area contributed by atoms with Gasteiger partial charge in [0.2, 0.25) is 0 Å². The van der Waals surface area contributed by atoms with Crippen LogP contribution in [0.25, 0.3) is 0 Å². The third kappa shape index (κ3) is 4.57. The van der Waals surface area contributed by atoms with E-state index < -0.39 is 15.7 Å². The van der Waals surface area contributed by atoms with E-state index in [9.17, 15) is 19.1 Å². The molecule has 0 spiro atoms. The number of carbonyl (C=O) groups is 1. The Morgan fingerprint density at radius 1 is 1.55 bits per heavy atom. The lowest BCUT2D eigenvalue weighted by Gasteiger charge is -2.09. The van der Waals surface area contributed by atoms with E-state index in [4.69, 9.17) is 11.6 Å². The van der Waals surface area contributed by atoms with Gasteiger partial charge in [0.25, 0.3) is 11.6 Å². The summed E-state index contributed by atoms with van der Waals surface area (Å²) in [7, 11) is -0.929. The van der Waals surface area contributed by atoms with E-state index in [1.165, 1.54) is 18.2 Å². The maximum atomic E-state index is 11.8. The van der Waals surface area contributed by atoms with E-state index in [1.807, 2.05) is 6.92 Å². The van der Waals surface area contributed by atoms with Gasteiger partial charge < -0.3 is 5.32 Å². The number of nitro groups is 1. The fourth-order valence-corrected chi connectivity index (χ4v) is 2.15. The summed E-state index contributed by atoms with van der Waals surface area (Å²) in [6.07, 6.45) is 2.21. The standard InChI is InChI=1S/C12H15ClN2O4S/c1-8(20(2)19)5-6-14-12(16)9-3-4-11(15(17)18)10(13)7-9/h3-4,7-8H,5-6H2,1-2H3,(H,14,16)/t8-,20-/m0/s1. The molecule has 0 aliphatic heterocycles. The molecule has 0 heterocycles. The molecule has 2 atom stereocenters. The lowest BCUT2D eigenvalue weighted by Crippen LogP contribution is -2.27. The van der Waals surface area contributed by atoms with Crippen LogP contribution in [-0.4, -0.2) is 33.1 Å². The van der Waals surface area contributed by atoms with Crippen molar-refractivity contribution in [2.75, 3.05) is 12.8 Å². The van der Waals surface area contributed by atoms with Crippen molar-refractivity contribution in [1.29, 1.82) is 0 Å². The van der Waals surface area contributed by atoms with Crippen LogP contribution in [0.1, 0.15) is 23.7 Å². The Balaban J connectivity index is 2.62. The van der Waals surface area contributed by atoms with E-state index in [2.05, 4.69) is 5.32 Å². The highest BCUT2D eigenvalue weighted by molar-refractivity contribution is 7.84. The van der Waals surface area contributed by atoms with E-state index >= 15 is 0 Å². The minimum atomic E-state index is -0.929. The van der Waals surface area contributed by atoms with Crippen molar-refractivity contribution in [1.82, 2.24) is 5.32 Å². The zero-order chi connectivity index (χ0) is 15.3. The quantitative estimate of drug-likeness (QED) is 0.642. The monoisotopic (exact) mass is 318 g/mol. The molecule has 0 radical (unpaired) electrons. The molecule has 8 heteroatoms. The Morgan fingerprint density at radius 2 is 2.20 bits per heavy atom. The third-order valence-electron chi connectivity index (χ3n) is 2.81. The second-order valence-corrected chi connectivity index (χ2v) is 6.49. The van der Waals surface area contributed by atoms with Crippen LogP contribution in [0.5, 0.6) is 0 Å². The zero-order valence-corrected chi connectivity index (χ0v) is 12.7. The van der Waals surface area contributed by atoms with Crippen molar-refractivity contribution in [2.45, 2.75) is 18.6 Å². The topological polar surface area (TPSA) is 89.3 Å². The van der Waals surface area contributed by atoms with Gasteiger partial charge in [0, 0.05) is 40.5 Å². The first-order valence-electron chi connectivity index (χ1n) is 5.87. The molecule has 6 nitrogen and oxygen atoms in total. The number of carbonyl (C=O) groups excluding carboxylic acids is 1. The van der Waals surface area contributed by atoms with Crippen molar-refractivity contribution in [2.24, 2.45) is 0 Å². The predicted molar refractivity (Wildman–Crippen MR) is 78.6 cm³/mol. The fourth-order valence-electron chi connectivity index (χ4n) is 1.45. The molecule has 0 aromatic heterocycles. The average Bonchev–Trinajstić information content (AvgIpc) is 2.37. The van der Waals surface area contributed by atoms with Crippen LogP contribution in [0.4, 0.5) is 5.69 Å². The normalized spacial score (nSPS) is 13.6. The maximum Gasteiger partial charge on any atom is 0.287 e. The van der Waals surface area contributed by atoms with Crippen LogP contribution in [-0.2, 0) is 10.8 Å². The lowest BCUT2D eigenvalue weighted by atomic mass is 10.2. The average molecular weight is 319 g/mol. The van der Waals surface area contributed by atoms with Gasteiger partial charge in [-0.1, -0.05) is 18.5 Å².